The van der Waals surface area contributed by atoms with Crippen molar-refractivity contribution in [2.75, 3.05) is 0 Å². The highest BCUT2D eigenvalue weighted by atomic mass is 35.5. The fourth-order valence-corrected chi connectivity index (χ4v) is 4.47. The maximum Gasteiger partial charge on any atom is 0.225 e. The number of rotatable bonds is 3. The topological polar surface area (TPSA) is 62.8 Å². The molecule has 3 aromatic rings. The van der Waals surface area contributed by atoms with Crippen LogP contribution in [-0.4, -0.2) is 32.6 Å². The monoisotopic (exact) mass is 418 g/mol. The first-order chi connectivity index (χ1) is 14.7. The first kappa shape index (κ1) is 19.1. The second kappa shape index (κ2) is 8.07. The molecular formula is C24H23ClN4O. The maximum atomic E-state index is 11.0. The first-order valence-corrected chi connectivity index (χ1v) is 10.8. The van der Waals surface area contributed by atoms with Gasteiger partial charge in [-0.25, -0.2) is 4.98 Å². The molecule has 1 aliphatic heterocycles. The Hall–Kier alpha value is -2.92. The normalized spacial score (nSPS) is 16.8. The number of aliphatic imine (C=N–C) groups is 2. The largest absolute Gasteiger partial charge is 0.493 e. The number of benzene rings is 2. The molecule has 0 saturated heterocycles. The fourth-order valence-electron chi connectivity index (χ4n) is 4.30. The van der Waals surface area contributed by atoms with Crippen LogP contribution in [0.3, 0.4) is 0 Å². The second-order valence-corrected chi connectivity index (χ2v) is 8.27. The van der Waals surface area contributed by atoms with Crippen LogP contribution >= 0.6 is 11.6 Å². The molecule has 6 heteroatoms. The molecule has 0 radical (unpaired) electrons. The lowest BCUT2D eigenvalue weighted by Crippen LogP contribution is -2.09. The van der Waals surface area contributed by atoms with Gasteiger partial charge in [0.05, 0.1) is 30.2 Å². The van der Waals surface area contributed by atoms with E-state index in [9.17, 15) is 5.11 Å². The summed E-state index contributed by atoms with van der Waals surface area (Å²) in [7, 11) is 0. The van der Waals surface area contributed by atoms with Crippen molar-refractivity contribution in [1.82, 2.24) is 9.55 Å². The van der Waals surface area contributed by atoms with Gasteiger partial charge in [-0.15, -0.1) is 0 Å². The van der Waals surface area contributed by atoms with Gasteiger partial charge >= 0.3 is 0 Å². The Bertz CT molecular complexity index is 1130. The fraction of sp³-hybridized carbons (Fsp3) is 0.292. The van der Waals surface area contributed by atoms with Crippen molar-refractivity contribution in [2.45, 2.75) is 44.7 Å². The standard InChI is InChI=1S/C24H23ClN4O/c25-17-11-12-21-19(13-17)23(16-7-3-1-4-8-16)27-15-22-28-20(24(30)29(21)22)14-26-18-9-5-2-6-10-18/h1,3-4,7-8,11-14,18,30H,2,5-6,9-10,15H2. The average molecular weight is 419 g/mol. The molecular weight excluding hydrogens is 396 g/mol. The Labute approximate surface area is 180 Å². The predicted octanol–water partition coefficient (Wildman–Crippen LogP) is 5.33. The molecule has 1 N–H and O–H groups in total. The van der Waals surface area contributed by atoms with Crippen LogP contribution in [0.25, 0.3) is 5.69 Å². The van der Waals surface area contributed by atoms with Crippen LogP contribution in [0.1, 0.15) is 54.7 Å². The van der Waals surface area contributed by atoms with Crippen LogP contribution in [0, 0.1) is 0 Å². The third-order valence-electron chi connectivity index (χ3n) is 5.81. The van der Waals surface area contributed by atoms with Crippen LogP contribution in [0.5, 0.6) is 5.88 Å². The molecule has 0 atom stereocenters. The Morgan fingerprint density at radius 1 is 1.07 bits per heavy atom. The minimum absolute atomic E-state index is 0.0950. The molecule has 1 fully saturated rings. The highest BCUT2D eigenvalue weighted by molar-refractivity contribution is 6.31. The van der Waals surface area contributed by atoms with Crippen LogP contribution in [-0.2, 0) is 6.54 Å². The van der Waals surface area contributed by atoms with Crippen molar-refractivity contribution >= 4 is 23.5 Å². The molecule has 2 aromatic carbocycles. The lowest BCUT2D eigenvalue weighted by molar-refractivity contribution is 0.437. The van der Waals surface area contributed by atoms with Crippen LogP contribution in [0.2, 0.25) is 5.02 Å². The first-order valence-electron chi connectivity index (χ1n) is 10.4. The number of nitrogens with zero attached hydrogens (tertiary/aromatic N) is 4. The van der Waals surface area contributed by atoms with E-state index in [-0.39, 0.29) is 5.88 Å². The van der Waals surface area contributed by atoms with Crippen molar-refractivity contribution in [3.63, 3.8) is 0 Å². The third kappa shape index (κ3) is 3.54. The van der Waals surface area contributed by atoms with Gasteiger partial charge in [0.15, 0.2) is 0 Å². The zero-order valence-electron chi connectivity index (χ0n) is 16.6. The van der Waals surface area contributed by atoms with E-state index in [0.29, 0.717) is 29.1 Å². The summed E-state index contributed by atoms with van der Waals surface area (Å²) in [6.07, 6.45) is 7.67. The van der Waals surface area contributed by atoms with Gasteiger partial charge in [-0.3, -0.25) is 14.6 Å². The summed E-state index contributed by atoms with van der Waals surface area (Å²) in [4.78, 5) is 14.2. The molecule has 152 valence electrons. The average Bonchev–Trinajstić information content (AvgIpc) is 3.00. The summed E-state index contributed by atoms with van der Waals surface area (Å²) in [6, 6.07) is 16.0. The number of hydrogen-bond acceptors (Lipinski definition) is 4. The van der Waals surface area contributed by atoms with Gasteiger partial charge < -0.3 is 5.11 Å². The van der Waals surface area contributed by atoms with Gasteiger partial charge in [0, 0.05) is 16.1 Å². The molecule has 5 rings (SSSR count). The van der Waals surface area contributed by atoms with Gasteiger partial charge in [0.25, 0.3) is 0 Å². The number of fused-ring (bicyclic) bond motifs is 3. The molecule has 2 aliphatic rings. The zero-order chi connectivity index (χ0) is 20.5. The third-order valence-corrected chi connectivity index (χ3v) is 6.05. The van der Waals surface area contributed by atoms with Gasteiger partial charge in [-0.1, -0.05) is 61.2 Å². The SMILES string of the molecule is Oc1c(C=NC2CCCCC2)nc2n1-c1ccc(Cl)cc1C(c1ccccc1)=NC2. The van der Waals surface area contributed by atoms with E-state index in [1.165, 1.54) is 19.3 Å². The van der Waals surface area contributed by atoms with Gasteiger partial charge in [-0.2, -0.15) is 0 Å². The van der Waals surface area contributed by atoms with E-state index in [1.807, 2.05) is 48.5 Å². The summed E-state index contributed by atoms with van der Waals surface area (Å²) in [5.41, 5.74) is 4.03. The summed E-state index contributed by atoms with van der Waals surface area (Å²) in [5, 5.41) is 11.7. The summed E-state index contributed by atoms with van der Waals surface area (Å²) < 4.78 is 1.77. The van der Waals surface area contributed by atoms with E-state index >= 15 is 0 Å². The van der Waals surface area contributed by atoms with Crippen molar-refractivity contribution in [3.8, 4) is 11.6 Å². The highest BCUT2D eigenvalue weighted by Gasteiger charge is 2.24. The van der Waals surface area contributed by atoms with Crippen LogP contribution < -0.4 is 0 Å². The van der Waals surface area contributed by atoms with Crippen molar-refractivity contribution < 1.29 is 5.11 Å². The van der Waals surface area contributed by atoms with Gasteiger partial charge in [0.2, 0.25) is 5.88 Å². The van der Waals surface area contributed by atoms with Crippen molar-refractivity contribution in [1.29, 1.82) is 0 Å². The minimum Gasteiger partial charge on any atom is -0.493 e. The Morgan fingerprint density at radius 2 is 1.87 bits per heavy atom. The Morgan fingerprint density at radius 3 is 2.67 bits per heavy atom. The molecule has 2 heterocycles. The number of imidazole rings is 1. The molecule has 0 amide bonds. The quantitative estimate of drug-likeness (QED) is 0.584. The molecule has 5 nitrogen and oxygen atoms in total. The maximum absolute atomic E-state index is 11.0. The summed E-state index contributed by atoms with van der Waals surface area (Å²) in [5.74, 6) is 0.782. The van der Waals surface area contributed by atoms with E-state index in [4.69, 9.17) is 21.6 Å². The van der Waals surface area contributed by atoms with E-state index in [2.05, 4.69) is 4.98 Å². The van der Waals surface area contributed by atoms with Gasteiger partial charge in [-0.05, 0) is 31.0 Å². The van der Waals surface area contributed by atoms with E-state index in [0.717, 1.165) is 35.4 Å². The van der Waals surface area contributed by atoms with E-state index < -0.39 is 0 Å². The minimum atomic E-state index is 0.0950. The zero-order valence-corrected chi connectivity index (χ0v) is 17.4. The lowest BCUT2D eigenvalue weighted by Gasteiger charge is -2.16. The molecule has 30 heavy (non-hydrogen) atoms. The number of halogens is 1. The van der Waals surface area contributed by atoms with Crippen molar-refractivity contribution in [2.24, 2.45) is 9.98 Å². The number of aromatic hydroxyl groups is 1. The van der Waals surface area contributed by atoms with Gasteiger partial charge in [0.1, 0.15) is 11.5 Å². The molecule has 0 unspecified atom stereocenters. The van der Waals surface area contributed by atoms with Crippen LogP contribution in [0.4, 0.5) is 0 Å². The lowest BCUT2D eigenvalue weighted by atomic mass is 9.96. The number of hydrogen-bond donors (Lipinski definition) is 1. The Kier molecular flexibility index (Phi) is 5.13. The molecule has 1 aliphatic carbocycles. The summed E-state index contributed by atoms with van der Waals surface area (Å²) in [6.45, 7) is 0.362. The van der Waals surface area contributed by atoms with E-state index in [1.54, 1.807) is 10.8 Å². The predicted molar refractivity (Wildman–Crippen MR) is 120 cm³/mol. The van der Waals surface area contributed by atoms with Crippen LogP contribution in [0.15, 0.2) is 58.5 Å². The van der Waals surface area contributed by atoms with Crippen molar-refractivity contribution in [3.05, 3.63) is 76.2 Å². The molecule has 0 spiro atoms. The second-order valence-electron chi connectivity index (χ2n) is 7.83. The Balaban J connectivity index is 1.58. The summed E-state index contributed by atoms with van der Waals surface area (Å²) >= 11 is 6.33. The smallest absolute Gasteiger partial charge is 0.225 e. The number of aromatic nitrogens is 2. The molecule has 0 bridgehead atoms. The molecule has 1 aromatic heterocycles. The molecule has 1 saturated carbocycles. The highest BCUT2D eigenvalue weighted by Crippen LogP contribution is 2.32.